The van der Waals surface area contributed by atoms with Crippen molar-refractivity contribution in [3.8, 4) is 17.0 Å². The zero-order valence-corrected chi connectivity index (χ0v) is 20.3. The number of carbonyl (C=O) groups is 1. The molecular formula is C24H23Cl3N4O2. The number of aromatic nitrogens is 2. The quantitative estimate of drug-likeness (QED) is 0.395. The Labute approximate surface area is 207 Å². The summed E-state index contributed by atoms with van der Waals surface area (Å²) in [6, 6.07) is 14.3. The number of benzene rings is 2. The largest absolute Gasteiger partial charge is 0.482 e. The van der Waals surface area contributed by atoms with Crippen LogP contribution in [-0.4, -0.2) is 35.8 Å². The van der Waals surface area contributed by atoms with Crippen molar-refractivity contribution < 1.29 is 9.53 Å². The molecule has 0 spiro atoms. The van der Waals surface area contributed by atoms with E-state index in [2.05, 4.69) is 27.3 Å². The standard InChI is InChI=1S/C24H23Cl3N4O2/c1-15-8-10-31(11-9-15)23-7-6-21(29-30-23)16-2-4-17(5-3-16)28-24(32)14-33-22-13-19(26)18(25)12-20(22)27/h2-7,12-13,15H,8-11,14H2,1H3,(H,28,32). The van der Waals surface area contributed by atoms with E-state index in [1.165, 1.54) is 25.0 Å². The maximum Gasteiger partial charge on any atom is 0.262 e. The van der Waals surface area contributed by atoms with Gasteiger partial charge in [-0.25, -0.2) is 0 Å². The fourth-order valence-electron chi connectivity index (χ4n) is 3.57. The molecule has 3 aromatic rings. The number of piperidine rings is 1. The van der Waals surface area contributed by atoms with E-state index in [4.69, 9.17) is 39.5 Å². The van der Waals surface area contributed by atoms with Crippen LogP contribution in [0.15, 0.2) is 48.5 Å². The Morgan fingerprint density at radius 3 is 2.36 bits per heavy atom. The maximum atomic E-state index is 12.2. The average Bonchev–Trinajstić information content (AvgIpc) is 2.82. The number of hydrogen-bond acceptors (Lipinski definition) is 5. The second-order valence-corrected chi connectivity index (χ2v) is 9.28. The normalized spacial score (nSPS) is 14.2. The van der Waals surface area contributed by atoms with Gasteiger partial charge in [-0.3, -0.25) is 4.79 Å². The van der Waals surface area contributed by atoms with Gasteiger partial charge in [0.05, 0.1) is 20.8 Å². The number of halogens is 3. The van der Waals surface area contributed by atoms with Crippen LogP contribution < -0.4 is 15.0 Å². The highest BCUT2D eigenvalue weighted by atomic mass is 35.5. The monoisotopic (exact) mass is 504 g/mol. The van der Waals surface area contributed by atoms with Crippen molar-refractivity contribution in [2.45, 2.75) is 19.8 Å². The van der Waals surface area contributed by atoms with E-state index in [9.17, 15) is 4.79 Å². The maximum absolute atomic E-state index is 12.2. The molecule has 1 N–H and O–H groups in total. The fourth-order valence-corrected chi connectivity index (χ4v) is 4.16. The van der Waals surface area contributed by atoms with E-state index in [1.54, 1.807) is 12.1 Å². The Morgan fingerprint density at radius 2 is 1.70 bits per heavy atom. The van der Waals surface area contributed by atoms with Gasteiger partial charge in [0, 0.05) is 30.4 Å². The van der Waals surface area contributed by atoms with Crippen LogP contribution in [0.3, 0.4) is 0 Å². The molecule has 1 amide bonds. The summed E-state index contributed by atoms with van der Waals surface area (Å²) in [4.78, 5) is 14.5. The van der Waals surface area contributed by atoms with Crippen molar-refractivity contribution in [2.75, 3.05) is 29.9 Å². The molecule has 1 fully saturated rings. The minimum atomic E-state index is -0.329. The first-order chi connectivity index (χ1) is 15.9. The second-order valence-electron chi connectivity index (χ2n) is 8.06. The number of nitrogens with zero attached hydrogens (tertiary/aromatic N) is 3. The Balaban J connectivity index is 1.32. The topological polar surface area (TPSA) is 67.4 Å². The molecule has 0 aliphatic carbocycles. The summed E-state index contributed by atoms with van der Waals surface area (Å²) < 4.78 is 5.46. The summed E-state index contributed by atoms with van der Waals surface area (Å²) in [7, 11) is 0. The first-order valence-electron chi connectivity index (χ1n) is 10.7. The third-order valence-electron chi connectivity index (χ3n) is 5.56. The zero-order valence-electron chi connectivity index (χ0n) is 18.0. The van der Waals surface area contributed by atoms with Crippen molar-refractivity contribution in [3.05, 3.63) is 63.6 Å². The van der Waals surface area contributed by atoms with Crippen LogP contribution in [-0.2, 0) is 4.79 Å². The summed E-state index contributed by atoms with van der Waals surface area (Å²) in [6.45, 7) is 4.10. The molecule has 9 heteroatoms. The molecule has 0 unspecified atom stereocenters. The fraction of sp³-hybridized carbons (Fsp3) is 0.292. The van der Waals surface area contributed by atoms with Crippen molar-refractivity contribution in [1.82, 2.24) is 10.2 Å². The van der Waals surface area contributed by atoms with Gasteiger partial charge < -0.3 is 15.0 Å². The van der Waals surface area contributed by atoms with Gasteiger partial charge in [-0.1, -0.05) is 53.9 Å². The van der Waals surface area contributed by atoms with Gasteiger partial charge in [0.15, 0.2) is 12.4 Å². The lowest BCUT2D eigenvalue weighted by molar-refractivity contribution is -0.118. The smallest absolute Gasteiger partial charge is 0.262 e. The predicted molar refractivity (Wildman–Crippen MR) is 134 cm³/mol. The van der Waals surface area contributed by atoms with Gasteiger partial charge in [-0.15, -0.1) is 10.2 Å². The number of rotatable bonds is 6. The Hall–Kier alpha value is -2.54. The van der Waals surface area contributed by atoms with Gasteiger partial charge in [-0.05, 0) is 49.1 Å². The van der Waals surface area contributed by atoms with Gasteiger partial charge in [-0.2, -0.15) is 0 Å². The van der Waals surface area contributed by atoms with E-state index in [1.807, 2.05) is 24.3 Å². The molecule has 1 aliphatic rings. The molecule has 33 heavy (non-hydrogen) atoms. The first kappa shape index (κ1) is 23.6. The minimum Gasteiger partial charge on any atom is -0.482 e. The van der Waals surface area contributed by atoms with E-state index in [-0.39, 0.29) is 23.3 Å². The van der Waals surface area contributed by atoms with E-state index in [0.29, 0.717) is 15.7 Å². The lowest BCUT2D eigenvalue weighted by atomic mass is 9.99. The van der Waals surface area contributed by atoms with Crippen molar-refractivity contribution in [3.63, 3.8) is 0 Å². The molecule has 0 radical (unpaired) electrons. The highest BCUT2D eigenvalue weighted by Gasteiger charge is 2.17. The summed E-state index contributed by atoms with van der Waals surface area (Å²) >= 11 is 17.9. The van der Waals surface area contributed by atoms with E-state index < -0.39 is 0 Å². The molecule has 0 saturated carbocycles. The predicted octanol–water partition coefficient (Wildman–Crippen LogP) is 6.36. The Kier molecular flexibility index (Phi) is 7.58. The summed E-state index contributed by atoms with van der Waals surface area (Å²) in [5, 5.41) is 12.5. The van der Waals surface area contributed by atoms with Crippen molar-refractivity contribution in [1.29, 1.82) is 0 Å². The minimum absolute atomic E-state index is 0.221. The van der Waals surface area contributed by atoms with Crippen LogP contribution >= 0.6 is 34.8 Å². The number of anilines is 2. The highest BCUT2D eigenvalue weighted by molar-refractivity contribution is 6.43. The van der Waals surface area contributed by atoms with Crippen LogP contribution in [0.5, 0.6) is 5.75 Å². The Morgan fingerprint density at radius 1 is 1.00 bits per heavy atom. The van der Waals surface area contributed by atoms with Gasteiger partial charge in [0.1, 0.15) is 5.75 Å². The lowest BCUT2D eigenvalue weighted by Crippen LogP contribution is -2.33. The zero-order chi connectivity index (χ0) is 23.4. The molecule has 1 aromatic heterocycles. The number of amides is 1. The third kappa shape index (κ3) is 6.08. The third-order valence-corrected chi connectivity index (χ3v) is 6.57. The summed E-state index contributed by atoms with van der Waals surface area (Å²) in [6.07, 6.45) is 2.37. The summed E-state index contributed by atoms with van der Waals surface area (Å²) in [5.74, 6) is 1.65. The van der Waals surface area contributed by atoms with Crippen molar-refractivity contribution in [2.24, 2.45) is 5.92 Å². The van der Waals surface area contributed by atoms with Gasteiger partial charge >= 0.3 is 0 Å². The number of carbonyl (C=O) groups excluding carboxylic acids is 1. The van der Waals surface area contributed by atoms with Gasteiger partial charge in [0.2, 0.25) is 0 Å². The highest BCUT2D eigenvalue weighted by Crippen LogP contribution is 2.33. The van der Waals surface area contributed by atoms with Crippen LogP contribution in [0.25, 0.3) is 11.3 Å². The number of ether oxygens (including phenoxy) is 1. The molecule has 2 heterocycles. The first-order valence-corrected chi connectivity index (χ1v) is 11.8. The Bertz CT molecular complexity index is 1120. The molecule has 4 rings (SSSR count). The number of hydrogen-bond donors (Lipinski definition) is 1. The second kappa shape index (κ2) is 10.6. The van der Waals surface area contributed by atoms with Crippen LogP contribution in [0.1, 0.15) is 19.8 Å². The average molecular weight is 506 g/mol. The summed E-state index contributed by atoms with van der Waals surface area (Å²) in [5.41, 5.74) is 2.33. The number of nitrogens with one attached hydrogen (secondary N) is 1. The van der Waals surface area contributed by atoms with Crippen LogP contribution in [0.2, 0.25) is 15.1 Å². The van der Waals surface area contributed by atoms with Crippen molar-refractivity contribution >= 4 is 52.2 Å². The molecule has 2 aromatic carbocycles. The molecule has 1 aliphatic heterocycles. The lowest BCUT2D eigenvalue weighted by Gasteiger charge is -2.30. The van der Waals surface area contributed by atoms with E-state index in [0.717, 1.165) is 36.1 Å². The molecule has 1 saturated heterocycles. The molecule has 6 nitrogen and oxygen atoms in total. The van der Waals surface area contributed by atoms with E-state index >= 15 is 0 Å². The molecule has 0 atom stereocenters. The molecule has 172 valence electrons. The van der Waals surface area contributed by atoms with Gasteiger partial charge in [0.25, 0.3) is 5.91 Å². The van der Waals surface area contributed by atoms with Crippen LogP contribution in [0, 0.1) is 5.92 Å². The molecule has 0 bridgehead atoms. The molecular weight excluding hydrogens is 483 g/mol. The SMILES string of the molecule is CC1CCN(c2ccc(-c3ccc(NC(=O)COc4cc(Cl)c(Cl)cc4Cl)cc3)nn2)CC1. The van der Waals surface area contributed by atoms with Crippen LogP contribution in [0.4, 0.5) is 11.5 Å².